The van der Waals surface area contributed by atoms with Gasteiger partial charge < -0.3 is 20.3 Å². The molecule has 0 fully saturated rings. The Kier molecular flexibility index (Phi) is 47.0. The first-order valence-corrected chi connectivity index (χ1v) is 26.6. The molecule has 60 heavy (non-hydrogen) atoms. The van der Waals surface area contributed by atoms with Crippen molar-refractivity contribution < 1.29 is 24.5 Å². The average molecular weight is 846 g/mol. The zero-order valence-electron chi connectivity index (χ0n) is 40.4. The molecule has 0 heterocycles. The molecule has 3 atom stereocenters. The molecule has 1 amide bonds. The highest BCUT2D eigenvalue weighted by Crippen LogP contribution is 2.17. The summed E-state index contributed by atoms with van der Waals surface area (Å²) in [6.07, 6.45) is 55.3. The van der Waals surface area contributed by atoms with Crippen LogP contribution in [0.15, 0.2) is 24.3 Å². The van der Waals surface area contributed by atoms with Crippen molar-refractivity contribution in [2.45, 2.75) is 302 Å². The maximum atomic E-state index is 13.2. The summed E-state index contributed by atoms with van der Waals surface area (Å²) in [6.45, 7) is 6.47. The fourth-order valence-electron chi connectivity index (χ4n) is 8.19. The summed E-state index contributed by atoms with van der Waals surface area (Å²) in [5.74, 6) is -0.494. The minimum Gasteiger partial charge on any atom is -0.462 e. The maximum absolute atomic E-state index is 13.2. The Morgan fingerprint density at radius 2 is 0.817 bits per heavy atom. The molecule has 0 saturated carbocycles. The largest absolute Gasteiger partial charge is 0.462 e. The second kappa shape index (κ2) is 48.4. The highest BCUT2D eigenvalue weighted by Gasteiger charge is 2.24. The minimum atomic E-state index is -0.790. The lowest BCUT2D eigenvalue weighted by atomic mass is 10.0. The van der Waals surface area contributed by atoms with Crippen LogP contribution in [0.4, 0.5) is 0 Å². The molecular formula is C54H103NO5. The molecule has 0 spiro atoms. The maximum Gasteiger partial charge on any atom is 0.306 e. The molecular weight excluding hydrogens is 743 g/mol. The summed E-state index contributed by atoms with van der Waals surface area (Å²) in [4.78, 5) is 26.1. The fourth-order valence-corrected chi connectivity index (χ4v) is 8.19. The molecule has 0 aliphatic heterocycles. The van der Waals surface area contributed by atoms with Gasteiger partial charge in [-0.25, -0.2) is 0 Å². The van der Waals surface area contributed by atoms with E-state index in [0.717, 1.165) is 57.8 Å². The van der Waals surface area contributed by atoms with Gasteiger partial charge in [-0.3, -0.25) is 9.59 Å². The van der Waals surface area contributed by atoms with Crippen molar-refractivity contribution in [2.75, 3.05) is 6.61 Å². The number of carbonyl (C=O) groups excluding carboxylic acids is 2. The topological polar surface area (TPSA) is 95.9 Å². The molecule has 354 valence electrons. The van der Waals surface area contributed by atoms with Gasteiger partial charge in [0.2, 0.25) is 5.91 Å². The van der Waals surface area contributed by atoms with Gasteiger partial charge in [-0.05, 0) is 70.6 Å². The van der Waals surface area contributed by atoms with E-state index in [0.29, 0.717) is 19.3 Å². The van der Waals surface area contributed by atoms with Crippen molar-refractivity contribution in [1.29, 1.82) is 0 Å². The Hall–Kier alpha value is -1.66. The lowest BCUT2D eigenvalue weighted by Crippen LogP contribution is -2.46. The first kappa shape index (κ1) is 58.3. The second-order valence-electron chi connectivity index (χ2n) is 18.3. The van der Waals surface area contributed by atoms with Crippen LogP contribution in [0, 0.1) is 0 Å². The molecule has 0 bridgehead atoms. The molecule has 0 aromatic rings. The molecule has 0 rings (SSSR count). The van der Waals surface area contributed by atoms with Gasteiger partial charge in [0.05, 0.1) is 25.2 Å². The van der Waals surface area contributed by atoms with E-state index in [9.17, 15) is 19.8 Å². The number of rotatable bonds is 48. The summed E-state index contributed by atoms with van der Waals surface area (Å²) in [6, 6.07) is -0.705. The number of hydrogen-bond acceptors (Lipinski definition) is 5. The minimum absolute atomic E-state index is 0.0599. The zero-order valence-corrected chi connectivity index (χ0v) is 40.4. The molecule has 0 aromatic carbocycles. The summed E-state index contributed by atoms with van der Waals surface area (Å²) >= 11 is 0. The van der Waals surface area contributed by atoms with Crippen LogP contribution >= 0.6 is 0 Å². The standard InChI is InChI=1S/C54H103NO5/c1-4-7-10-13-16-19-22-23-24-25-26-27-28-29-32-35-38-41-44-47-54(59)60-50(45-42-39-36-33-30-20-17-14-11-8-5-2)48-53(58)55-51(49-56)52(57)46-43-40-37-34-31-21-18-15-12-9-6-3/h23-24,33,36,50-52,56-57H,4-22,25-32,34-35,37-49H2,1-3H3,(H,55,58)/b24-23+,36-33-. The van der Waals surface area contributed by atoms with Crippen LogP contribution in [0.25, 0.3) is 0 Å². The van der Waals surface area contributed by atoms with Gasteiger partial charge >= 0.3 is 5.97 Å². The van der Waals surface area contributed by atoms with Crippen LogP contribution in [0.1, 0.15) is 284 Å². The number of allylic oxidation sites excluding steroid dienone is 4. The molecule has 0 aliphatic rings. The normalized spacial score (nSPS) is 13.3. The smallest absolute Gasteiger partial charge is 0.306 e. The number of amides is 1. The van der Waals surface area contributed by atoms with Crippen molar-refractivity contribution >= 4 is 11.9 Å². The zero-order chi connectivity index (χ0) is 43.8. The van der Waals surface area contributed by atoms with Gasteiger partial charge in [0.25, 0.3) is 0 Å². The Labute approximate surface area is 373 Å². The van der Waals surface area contributed by atoms with Gasteiger partial charge in [0.1, 0.15) is 6.10 Å². The van der Waals surface area contributed by atoms with Crippen LogP contribution in [-0.2, 0) is 14.3 Å². The molecule has 6 heteroatoms. The molecule has 0 saturated heterocycles. The molecule has 0 aliphatic carbocycles. The number of unbranched alkanes of at least 4 members (excludes halogenated alkanes) is 32. The van der Waals surface area contributed by atoms with Gasteiger partial charge in [-0.15, -0.1) is 0 Å². The van der Waals surface area contributed by atoms with E-state index in [2.05, 4.69) is 50.4 Å². The van der Waals surface area contributed by atoms with E-state index >= 15 is 0 Å². The van der Waals surface area contributed by atoms with Crippen LogP contribution in [0.5, 0.6) is 0 Å². The van der Waals surface area contributed by atoms with Gasteiger partial charge in [0, 0.05) is 6.42 Å². The lowest BCUT2D eigenvalue weighted by molar-refractivity contribution is -0.151. The number of aliphatic hydroxyl groups excluding tert-OH is 2. The summed E-state index contributed by atoms with van der Waals surface area (Å²) in [5, 5.41) is 23.7. The average Bonchev–Trinajstić information content (AvgIpc) is 3.24. The molecule has 0 aromatic heterocycles. The highest BCUT2D eigenvalue weighted by atomic mass is 16.5. The number of ether oxygens (including phenoxy) is 1. The van der Waals surface area contributed by atoms with Crippen molar-refractivity contribution in [2.24, 2.45) is 0 Å². The van der Waals surface area contributed by atoms with E-state index in [4.69, 9.17) is 4.74 Å². The third-order valence-corrected chi connectivity index (χ3v) is 12.3. The van der Waals surface area contributed by atoms with E-state index in [1.807, 2.05) is 0 Å². The monoisotopic (exact) mass is 846 g/mol. The van der Waals surface area contributed by atoms with Crippen LogP contribution < -0.4 is 5.32 Å². The summed E-state index contributed by atoms with van der Waals surface area (Å²) in [5.41, 5.74) is 0. The second-order valence-corrected chi connectivity index (χ2v) is 18.3. The van der Waals surface area contributed by atoms with Gasteiger partial charge in [-0.1, -0.05) is 225 Å². The van der Waals surface area contributed by atoms with E-state index in [-0.39, 0.29) is 24.9 Å². The van der Waals surface area contributed by atoms with Crippen LogP contribution in [0.3, 0.4) is 0 Å². The predicted octanol–water partition coefficient (Wildman–Crippen LogP) is 15.9. The Morgan fingerprint density at radius 3 is 1.22 bits per heavy atom. The Balaban J connectivity index is 4.48. The van der Waals surface area contributed by atoms with Gasteiger partial charge in [0.15, 0.2) is 0 Å². The first-order chi connectivity index (χ1) is 29.5. The SMILES string of the molecule is CCCCCCCC/C=C\CCCC(CC(=O)NC(CO)C(O)CCCCCCCCCCCCC)OC(=O)CCCCCCCCCCC/C=C/CCCCCCCC. The predicted molar refractivity (Wildman–Crippen MR) is 260 cm³/mol. The van der Waals surface area contributed by atoms with E-state index in [1.54, 1.807) is 0 Å². The van der Waals surface area contributed by atoms with Crippen molar-refractivity contribution in [3.63, 3.8) is 0 Å². The number of nitrogens with one attached hydrogen (secondary N) is 1. The number of aliphatic hydroxyl groups is 2. The third kappa shape index (κ3) is 43.0. The summed E-state index contributed by atoms with van der Waals surface area (Å²) in [7, 11) is 0. The highest BCUT2D eigenvalue weighted by molar-refractivity contribution is 5.77. The van der Waals surface area contributed by atoms with E-state index in [1.165, 1.54) is 180 Å². The van der Waals surface area contributed by atoms with Crippen LogP contribution in [0.2, 0.25) is 0 Å². The first-order valence-electron chi connectivity index (χ1n) is 26.6. The quantitative estimate of drug-likeness (QED) is 0.0322. The molecule has 0 radical (unpaired) electrons. The number of carbonyl (C=O) groups is 2. The third-order valence-electron chi connectivity index (χ3n) is 12.3. The lowest BCUT2D eigenvalue weighted by Gasteiger charge is -2.24. The van der Waals surface area contributed by atoms with E-state index < -0.39 is 18.2 Å². The number of esters is 1. The molecule has 3 unspecified atom stereocenters. The summed E-state index contributed by atoms with van der Waals surface area (Å²) < 4.78 is 5.92. The Morgan fingerprint density at radius 1 is 0.467 bits per heavy atom. The molecule has 6 nitrogen and oxygen atoms in total. The fraction of sp³-hybridized carbons (Fsp3) is 0.889. The van der Waals surface area contributed by atoms with Crippen LogP contribution in [-0.4, -0.2) is 46.9 Å². The Bertz CT molecular complexity index is 950. The van der Waals surface area contributed by atoms with Crippen molar-refractivity contribution in [3.05, 3.63) is 24.3 Å². The van der Waals surface area contributed by atoms with Gasteiger partial charge in [-0.2, -0.15) is 0 Å². The van der Waals surface area contributed by atoms with Crippen molar-refractivity contribution in [1.82, 2.24) is 5.32 Å². The van der Waals surface area contributed by atoms with Crippen molar-refractivity contribution in [3.8, 4) is 0 Å². The molecule has 3 N–H and O–H groups in total. The number of hydrogen-bond donors (Lipinski definition) is 3.